The van der Waals surface area contributed by atoms with E-state index in [1.165, 1.54) is 5.56 Å². The smallest absolute Gasteiger partial charge is 0.295 e. The summed E-state index contributed by atoms with van der Waals surface area (Å²) in [6.07, 6.45) is 0.719. The zero-order valence-corrected chi connectivity index (χ0v) is 21.0. The third-order valence-electron chi connectivity index (χ3n) is 6.28. The number of aliphatic hydroxyl groups is 1. The number of aryl methyl sites for hydroxylation is 1. The Labute approximate surface area is 212 Å². The third kappa shape index (κ3) is 5.66. The lowest BCUT2D eigenvalue weighted by atomic mass is 9.95. The second kappa shape index (κ2) is 11.2. The number of nitrogens with zero attached hydrogens (tertiary/aromatic N) is 2. The molecule has 1 saturated heterocycles. The van der Waals surface area contributed by atoms with E-state index in [1.54, 1.807) is 29.2 Å². The van der Waals surface area contributed by atoms with Crippen LogP contribution in [0.15, 0.2) is 84.4 Å². The van der Waals surface area contributed by atoms with Crippen molar-refractivity contribution in [1.82, 2.24) is 9.80 Å². The van der Waals surface area contributed by atoms with Crippen molar-refractivity contribution in [1.29, 1.82) is 0 Å². The van der Waals surface area contributed by atoms with Crippen LogP contribution in [0, 0.1) is 6.92 Å². The van der Waals surface area contributed by atoms with Crippen molar-refractivity contribution >= 4 is 17.4 Å². The number of rotatable bonds is 9. The van der Waals surface area contributed by atoms with Gasteiger partial charge >= 0.3 is 0 Å². The zero-order chi connectivity index (χ0) is 25.7. The van der Waals surface area contributed by atoms with Gasteiger partial charge in [-0.15, -0.1) is 0 Å². The van der Waals surface area contributed by atoms with Gasteiger partial charge in [0.1, 0.15) is 18.1 Å². The van der Waals surface area contributed by atoms with Gasteiger partial charge in [-0.25, -0.2) is 0 Å². The minimum absolute atomic E-state index is 0.115. The molecule has 1 amide bonds. The minimum atomic E-state index is -0.661. The first-order valence-electron chi connectivity index (χ1n) is 12.1. The Kier molecular flexibility index (Phi) is 7.86. The molecule has 0 aromatic heterocycles. The fraction of sp³-hybridized carbons (Fsp3) is 0.267. The highest BCUT2D eigenvalue weighted by atomic mass is 16.5. The number of ether oxygens (including phenoxy) is 1. The molecule has 6 heteroatoms. The van der Waals surface area contributed by atoms with Crippen molar-refractivity contribution in [2.75, 3.05) is 27.2 Å². The predicted octanol–water partition coefficient (Wildman–Crippen LogP) is 4.95. The number of hydrogen-bond acceptors (Lipinski definition) is 5. The maximum absolute atomic E-state index is 13.1. The molecule has 4 rings (SSSR count). The summed E-state index contributed by atoms with van der Waals surface area (Å²) in [5.41, 5.74) is 3.61. The van der Waals surface area contributed by atoms with Crippen molar-refractivity contribution in [2.45, 2.75) is 26.0 Å². The second-order valence-corrected chi connectivity index (χ2v) is 9.36. The quantitative estimate of drug-likeness (QED) is 0.264. The molecule has 186 valence electrons. The molecule has 3 aromatic carbocycles. The summed E-state index contributed by atoms with van der Waals surface area (Å²) < 4.78 is 5.89. The van der Waals surface area contributed by atoms with Gasteiger partial charge in [0.15, 0.2) is 0 Å². The first-order chi connectivity index (χ1) is 17.3. The number of carbonyl (C=O) groups excluding carboxylic acids is 2. The highest BCUT2D eigenvalue weighted by Crippen LogP contribution is 2.39. The van der Waals surface area contributed by atoms with Gasteiger partial charge in [-0.1, -0.05) is 60.2 Å². The molecule has 1 aliphatic rings. The summed E-state index contributed by atoms with van der Waals surface area (Å²) in [5.74, 6) is -0.771. The Bertz CT molecular complexity index is 1250. The standard InChI is InChI=1S/C30H32N2O4/c1-21-9-7-10-22(19-21)20-36-25-15-13-24(14-16-25)28(33)26-27(23-11-5-4-6-12-23)32(30(35)29(26)34)18-8-17-31(2)3/h4-7,9-16,19,27,33H,8,17-18,20H2,1-3H3/b28-26-. The van der Waals surface area contributed by atoms with E-state index in [9.17, 15) is 14.7 Å². The minimum Gasteiger partial charge on any atom is -0.507 e. The van der Waals surface area contributed by atoms with E-state index >= 15 is 0 Å². The molecular weight excluding hydrogens is 452 g/mol. The van der Waals surface area contributed by atoms with Crippen LogP contribution in [0.3, 0.4) is 0 Å². The van der Waals surface area contributed by atoms with Crippen LogP contribution in [0.4, 0.5) is 0 Å². The zero-order valence-electron chi connectivity index (χ0n) is 21.0. The number of hydrogen-bond donors (Lipinski definition) is 1. The highest BCUT2D eigenvalue weighted by Gasteiger charge is 2.45. The predicted molar refractivity (Wildman–Crippen MR) is 141 cm³/mol. The van der Waals surface area contributed by atoms with Gasteiger partial charge in [-0.2, -0.15) is 0 Å². The Morgan fingerprint density at radius 3 is 2.36 bits per heavy atom. The van der Waals surface area contributed by atoms with Gasteiger partial charge in [-0.3, -0.25) is 9.59 Å². The lowest BCUT2D eigenvalue weighted by Gasteiger charge is -2.26. The summed E-state index contributed by atoms with van der Waals surface area (Å²) >= 11 is 0. The van der Waals surface area contributed by atoms with Crippen LogP contribution in [0.25, 0.3) is 5.76 Å². The average molecular weight is 485 g/mol. The molecule has 1 fully saturated rings. The largest absolute Gasteiger partial charge is 0.507 e. The van der Waals surface area contributed by atoms with Crippen LogP contribution < -0.4 is 4.74 Å². The fourth-order valence-electron chi connectivity index (χ4n) is 4.48. The first-order valence-corrected chi connectivity index (χ1v) is 12.1. The van der Waals surface area contributed by atoms with E-state index in [4.69, 9.17) is 4.74 Å². The molecule has 0 saturated carbocycles. The summed E-state index contributed by atoms with van der Waals surface area (Å²) in [5, 5.41) is 11.2. The maximum Gasteiger partial charge on any atom is 0.295 e. The van der Waals surface area contributed by atoms with Crippen LogP contribution in [0.1, 0.15) is 34.7 Å². The van der Waals surface area contributed by atoms with Crippen molar-refractivity contribution in [2.24, 2.45) is 0 Å². The van der Waals surface area contributed by atoms with Crippen molar-refractivity contribution < 1.29 is 19.4 Å². The molecule has 3 aromatic rings. The average Bonchev–Trinajstić information content (AvgIpc) is 3.13. The Hall–Kier alpha value is -3.90. The van der Waals surface area contributed by atoms with Crippen LogP contribution in [-0.2, 0) is 16.2 Å². The molecule has 1 atom stereocenters. The number of Topliss-reactive ketones (excluding diaryl/α,β-unsaturated/α-hetero) is 1. The molecule has 0 bridgehead atoms. The topological polar surface area (TPSA) is 70.1 Å². The fourth-order valence-corrected chi connectivity index (χ4v) is 4.48. The molecule has 36 heavy (non-hydrogen) atoms. The number of likely N-dealkylation sites (tertiary alicyclic amines) is 1. The van der Waals surface area contributed by atoms with Crippen LogP contribution in [-0.4, -0.2) is 53.8 Å². The van der Waals surface area contributed by atoms with Gasteiger partial charge in [0, 0.05) is 12.1 Å². The van der Waals surface area contributed by atoms with Crippen LogP contribution in [0.2, 0.25) is 0 Å². The second-order valence-electron chi connectivity index (χ2n) is 9.36. The van der Waals surface area contributed by atoms with E-state index in [-0.39, 0.29) is 11.3 Å². The Balaban J connectivity index is 1.60. The number of benzene rings is 3. The highest BCUT2D eigenvalue weighted by molar-refractivity contribution is 6.46. The molecule has 1 unspecified atom stereocenters. The van der Waals surface area contributed by atoms with Crippen molar-refractivity contribution in [3.05, 3.63) is 107 Å². The lowest BCUT2D eigenvalue weighted by molar-refractivity contribution is -0.139. The van der Waals surface area contributed by atoms with E-state index in [0.717, 1.165) is 24.1 Å². The van der Waals surface area contributed by atoms with Crippen LogP contribution in [0.5, 0.6) is 5.75 Å². The number of ketones is 1. The molecular formula is C30H32N2O4. The number of carbonyl (C=O) groups is 2. The summed E-state index contributed by atoms with van der Waals surface area (Å²) in [6, 6.07) is 23.8. The van der Waals surface area contributed by atoms with E-state index in [1.807, 2.05) is 74.4 Å². The molecule has 0 radical (unpaired) electrons. The molecule has 1 N–H and O–H groups in total. The number of aliphatic hydroxyl groups excluding tert-OH is 1. The maximum atomic E-state index is 13.1. The first kappa shape index (κ1) is 25.2. The number of amides is 1. The summed E-state index contributed by atoms with van der Waals surface area (Å²) in [4.78, 5) is 29.7. The summed E-state index contributed by atoms with van der Waals surface area (Å²) in [6.45, 7) is 3.67. The lowest BCUT2D eigenvalue weighted by Crippen LogP contribution is -2.32. The normalized spacial score (nSPS) is 17.1. The molecule has 6 nitrogen and oxygen atoms in total. The van der Waals surface area contributed by atoms with Crippen LogP contribution >= 0.6 is 0 Å². The van der Waals surface area contributed by atoms with E-state index in [2.05, 4.69) is 6.07 Å². The third-order valence-corrected chi connectivity index (χ3v) is 6.28. The van der Waals surface area contributed by atoms with Gasteiger partial charge in [0.2, 0.25) is 0 Å². The summed E-state index contributed by atoms with van der Waals surface area (Å²) in [7, 11) is 3.94. The monoisotopic (exact) mass is 484 g/mol. The molecule has 0 spiro atoms. The van der Waals surface area contributed by atoms with Gasteiger partial charge in [0.05, 0.1) is 11.6 Å². The van der Waals surface area contributed by atoms with Crippen molar-refractivity contribution in [3.63, 3.8) is 0 Å². The van der Waals surface area contributed by atoms with Gasteiger partial charge in [-0.05, 0) is 69.4 Å². The molecule has 1 aliphatic heterocycles. The van der Waals surface area contributed by atoms with Crippen molar-refractivity contribution in [3.8, 4) is 5.75 Å². The SMILES string of the molecule is Cc1cccc(COc2ccc(/C(O)=C3/C(=O)C(=O)N(CCCN(C)C)C3c3ccccc3)cc2)c1. The molecule has 0 aliphatic carbocycles. The van der Waals surface area contributed by atoms with Gasteiger partial charge in [0.25, 0.3) is 11.7 Å². The Morgan fingerprint density at radius 2 is 1.69 bits per heavy atom. The van der Waals surface area contributed by atoms with E-state index < -0.39 is 17.7 Å². The van der Waals surface area contributed by atoms with E-state index in [0.29, 0.717) is 24.5 Å². The molecule has 1 heterocycles. The van der Waals surface area contributed by atoms with Gasteiger partial charge < -0.3 is 19.6 Å². The Morgan fingerprint density at radius 1 is 0.972 bits per heavy atom.